The first kappa shape index (κ1) is 23.4. The van der Waals surface area contributed by atoms with Crippen molar-refractivity contribution in [2.75, 3.05) is 33.3 Å². The number of hydrogen-bond acceptors (Lipinski definition) is 5. The lowest BCUT2D eigenvalue weighted by molar-refractivity contribution is -0.0512. The molecule has 1 amide bonds. The molecule has 1 heterocycles. The first-order valence-corrected chi connectivity index (χ1v) is 12.3. The molecule has 10 heteroatoms. The highest BCUT2D eigenvalue weighted by atomic mass is 32.2. The van der Waals surface area contributed by atoms with E-state index in [2.05, 4.69) is 4.74 Å². The molecule has 0 N–H and O–H groups in total. The Hall–Kier alpha value is -2.72. The van der Waals surface area contributed by atoms with E-state index in [0.29, 0.717) is 4.90 Å². The zero-order valence-electron chi connectivity index (χ0n) is 18.3. The van der Waals surface area contributed by atoms with Gasteiger partial charge >= 0.3 is 6.61 Å². The number of hydrogen-bond donors (Lipinski definition) is 0. The number of halogens is 2. The third-order valence-corrected chi connectivity index (χ3v) is 8.00. The Balaban J connectivity index is 1.43. The highest BCUT2D eigenvalue weighted by Crippen LogP contribution is 2.30. The first-order valence-electron chi connectivity index (χ1n) is 10.8. The van der Waals surface area contributed by atoms with E-state index < -0.39 is 16.6 Å². The molecule has 4 rings (SSSR count). The van der Waals surface area contributed by atoms with Crippen LogP contribution in [0.3, 0.4) is 0 Å². The van der Waals surface area contributed by atoms with E-state index in [1.165, 1.54) is 35.2 Å². The van der Waals surface area contributed by atoms with Crippen LogP contribution in [0.5, 0.6) is 11.5 Å². The molecule has 2 aliphatic rings. The molecule has 0 bridgehead atoms. The van der Waals surface area contributed by atoms with Gasteiger partial charge in [-0.15, -0.1) is 0 Å². The minimum atomic E-state index is -3.65. The second-order valence-corrected chi connectivity index (χ2v) is 10.0. The van der Waals surface area contributed by atoms with Crippen LogP contribution in [0.15, 0.2) is 41.3 Å². The molecule has 0 radical (unpaired) electrons. The molecule has 7 nitrogen and oxygen atoms in total. The number of benzene rings is 2. The minimum absolute atomic E-state index is 0.0229. The zero-order chi connectivity index (χ0) is 23.6. The van der Waals surface area contributed by atoms with Crippen molar-refractivity contribution < 1.29 is 31.5 Å². The van der Waals surface area contributed by atoms with Gasteiger partial charge in [-0.25, -0.2) is 8.42 Å². The van der Waals surface area contributed by atoms with E-state index in [1.54, 1.807) is 17.0 Å². The number of ether oxygens (including phenoxy) is 2. The summed E-state index contributed by atoms with van der Waals surface area (Å²) in [6, 6.07) is 9.36. The highest BCUT2D eigenvalue weighted by molar-refractivity contribution is 7.89. The van der Waals surface area contributed by atoms with Gasteiger partial charge in [0.15, 0.2) is 11.5 Å². The normalized spacial score (nSPS) is 17.0. The molecule has 178 valence electrons. The number of rotatable bonds is 6. The maximum absolute atomic E-state index is 13.2. The number of amides is 1. The number of methoxy groups -OCH3 is 1. The summed E-state index contributed by atoms with van der Waals surface area (Å²) in [6.07, 6.45) is 4.07. The summed E-state index contributed by atoms with van der Waals surface area (Å²) < 4.78 is 62.2. The number of piperazine rings is 1. The summed E-state index contributed by atoms with van der Waals surface area (Å²) in [6.45, 7) is -2.21. The maximum atomic E-state index is 13.2. The summed E-state index contributed by atoms with van der Waals surface area (Å²) in [7, 11) is -2.35. The number of fused-ring (bicyclic) bond motifs is 1. The van der Waals surface area contributed by atoms with Gasteiger partial charge in [-0.2, -0.15) is 13.1 Å². The number of nitrogens with zero attached hydrogens (tertiary/aromatic N) is 2. The van der Waals surface area contributed by atoms with Gasteiger partial charge in [0.1, 0.15) is 0 Å². The second-order valence-electron chi connectivity index (χ2n) is 8.08. The predicted molar refractivity (Wildman–Crippen MR) is 117 cm³/mol. The summed E-state index contributed by atoms with van der Waals surface area (Å²) in [5.41, 5.74) is 2.57. The number of sulfonamides is 1. The van der Waals surface area contributed by atoms with Crippen molar-refractivity contribution in [2.45, 2.75) is 37.2 Å². The van der Waals surface area contributed by atoms with Crippen molar-refractivity contribution in [2.24, 2.45) is 0 Å². The van der Waals surface area contributed by atoms with Crippen LogP contribution in [0.25, 0.3) is 0 Å². The Morgan fingerprint density at radius 2 is 1.64 bits per heavy atom. The average Bonchev–Trinajstić information content (AvgIpc) is 2.83. The summed E-state index contributed by atoms with van der Waals surface area (Å²) in [5, 5.41) is 0. The number of carbonyl (C=O) groups is 1. The summed E-state index contributed by atoms with van der Waals surface area (Å²) in [5.74, 6) is -0.470. The molecular formula is C23H26F2N2O5S. The van der Waals surface area contributed by atoms with Gasteiger partial charge in [-0.05, 0) is 67.1 Å². The van der Waals surface area contributed by atoms with E-state index in [9.17, 15) is 22.0 Å². The van der Waals surface area contributed by atoms with Crippen molar-refractivity contribution in [1.82, 2.24) is 9.21 Å². The van der Waals surface area contributed by atoms with Crippen LogP contribution < -0.4 is 9.47 Å². The van der Waals surface area contributed by atoms with Crippen LogP contribution in [0.4, 0.5) is 8.78 Å². The Kier molecular flexibility index (Phi) is 6.85. The van der Waals surface area contributed by atoms with E-state index in [0.717, 1.165) is 31.2 Å². The van der Waals surface area contributed by atoms with Gasteiger partial charge in [-0.1, -0.05) is 6.07 Å². The molecule has 33 heavy (non-hydrogen) atoms. The van der Waals surface area contributed by atoms with Crippen LogP contribution in [0.1, 0.15) is 34.3 Å². The smallest absolute Gasteiger partial charge is 0.387 e. The topological polar surface area (TPSA) is 76.2 Å². The van der Waals surface area contributed by atoms with Gasteiger partial charge in [0.05, 0.1) is 12.0 Å². The summed E-state index contributed by atoms with van der Waals surface area (Å²) in [4.78, 5) is 14.7. The first-order chi connectivity index (χ1) is 15.8. The van der Waals surface area contributed by atoms with Crippen molar-refractivity contribution in [3.63, 3.8) is 0 Å². The van der Waals surface area contributed by atoms with Crippen LogP contribution in [0.2, 0.25) is 0 Å². The Bertz CT molecular complexity index is 1130. The van der Waals surface area contributed by atoms with Crippen LogP contribution in [-0.2, 0) is 22.9 Å². The molecule has 0 unspecified atom stereocenters. The molecule has 1 aliphatic carbocycles. The van der Waals surface area contributed by atoms with Gasteiger partial charge in [0, 0.05) is 31.7 Å². The van der Waals surface area contributed by atoms with Crippen LogP contribution in [-0.4, -0.2) is 63.4 Å². The van der Waals surface area contributed by atoms with E-state index in [4.69, 9.17) is 4.74 Å². The van der Waals surface area contributed by atoms with Crippen LogP contribution in [0, 0.1) is 0 Å². The third-order valence-electron chi connectivity index (χ3n) is 6.11. The lowest BCUT2D eigenvalue weighted by Gasteiger charge is -2.34. The predicted octanol–water partition coefficient (Wildman–Crippen LogP) is 3.32. The fourth-order valence-corrected chi connectivity index (χ4v) is 5.80. The summed E-state index contributed by atoms with van der Waals surface area (Å²) >= 11 is 0. The van der Waals surface area contributed by atoms with Crippen molar-refractivity contribution in [1.29, 1.82) is 0 Å². The molecular weight excluding hydrogens is 454 g/mol. The molecule has 1 saturated heterocycles. The number of alkyl halides is 2. The monoisotopic (exact) mass is 480 g/mol. The lowest BCUT2D eigenvalue weighted by Crippen LogP contribution is -2.50. The molecule has 0 atom stereocenters. The maximum Gasteiger partial charge on any atom is 0.387 e. The van der Waals surface area contributed by atoms with Crippen molar-refractivity contribution >= 4 is 15.9 Å². The highest BCUT2D eigenvalue weighted by Gasteiger charge is 2.31. The van der Waals surface area contributed by atoms with E-state index in [-0.39, 0.29) is 49.1 Å². The van der Waals surface area contributed by atoms with E-state index >= 15 is 0 Å². The fraction of sp³-hybridized carbons (Fsp3) is 0.435. The number of aryl methyl sites for hydroxylation is 2. The Morgan fingerprint density at radius 3 is 2.30 bits per heavy atom. The Morgan fingerprint density at radius 1 is 0.939 bits per heavy atom. The minimum Gasteiger partial charge on any atom is -0.493 e. The van der Waals surface area contributed by atoms with Crippen molar-refractivity contribution in [3.8, 4) is 11.5 Å². The molecule has 0 aromatic heterocycles. The molecule has 1 aliphatic heterocycles. The van der Waals surface area contributed by atoms with Gasteiger partial charge in [-0.3, -0.25) is 4.79 Å². The average molecular weight is 481 g/mol. The zero-order valence-corrected chi connectivity index (χ0v) is 19.1. The standard InChI is InChI=1S/C23H26F2N2O5S/c1-31-21-15-18(7-9-20(21)32-23(24)25)22(28)26-10-12-27(13-11-26)33(29,30)19-8-6-16-4-2-3-5-17(16)14-19/h6-9,14-15,23H,2-5,10-13H2,1H3. The molecule has 0 saturated carbocycles. The van der Waals surface area contributed by atoms with Gasteiger partial charge in [0.25, 0.3) is 5.91 Å². The van der Waals surface area contributed by atoms with Gasteiger partial charge in [0.2, 0.25) is 10.0 Å². The quantitative estimate of drug-likeness (QED) is 0.634. The molecule has 1 fully saturated rings. The largest absolute Gasteiger partial charge is 0.493 e. The van der Waals surface area contributed by atoms with Gasteiger partial charge < -0.3 is 14.4 Å². The van der Waals surface area contributed by atoms with Crippen molar-refractivity contribution in [3.05, 3.63) is 53.1 Å². The lowest BCUT2D eigenvalue weighted by atomic mass is 9.92. The molecule has 2 aromatic rings. The third kappa shape index (κ3) is 4.96. The number of carbonyl (C=O) groups excluding carboxylic acids is 1. The second kappa shape index (κ2) is 9.64. The SMILES string of the molecule is COc1cc(C(=O)N2CCN(S(=O)(=O)c3ccc4c(c3)CCCC4)CC2)ccc1OC(F)F. The fourth-order valence-electron chi connectivity index (χ4n) is 4.33. The molecule has 0 spiro atoms. The Labute approximate surface area is 191 Å². The van der Waals surface area contributed by atoms with Crippen LogP contribution >= 0.6 is 0 Å². The molecule has 2 aromatic carbocycles. The van der Waals surface area contributed by atoms with E-state index in [1.807, 2.05) is 6.07 Å².